The number of methoxy groups -OCH3 is 2. The molecule has 0 N–H and O–H groups in total. The summed E-state index contributed by atoms with van der Waals surface area (Å²) in [6.45, 7) is 3.60. The summed E-state index contributed by atoms with van der Waals surface area (Å²) in [4.78, 5) is 16.6. The van der Waals surface area contributed by atoms with Crippen LogP contribution >= 0.6 is 0 Å². The maximum Gasteiger partial charge on any atom is 0.254 e. The molecule has 0 saturated carbocycles. The lowest BCUT2D eigenvalue weighted by atomic mass is 10.1. The van der Waals surface area contributed by atoms with Gasteiger partial charge in [-0.15, -0.1) is 6.42 Å². The van der Waals surface area contributed by atoms with Crippen LogP contribution in [0.4, 0.5) is 0 Å². The van der Waals surface area contributed by atoms with Crippen LogP contribution in [-0.4, -0.2) is 62.7 Å². The number of benzene rings is 1. The normalized spacial score (nSPS) is 15.4. The number of rotatable bonds is 4. The van der Waals surface area contributed by atoms with Crippen molar-refractivity contribution in [1.29, 1.82) is 0 Å². The highest BCUT2D eigenvalue weighted by molar-refractivity contribution is 5.95. The summed E-state index contributed by atoms with van der Waals surface area (Å²) in [5.74, 6) is 3.85. The third-order valence-electron chi connectivity index (χ3n) is 3.57. The Hall–Kier alpha value is -2.19. The van der Waals surface area contributed by atoms with Crippen LogP contribution < -0.4 is 9.47 Å². The fraction of sp³-hybridized carbons (Fsp3) is 0.438. The molecule has 1 saturated heterocycles. The second-order valence-corrected chi connectivity index (χ2v) is 4.87. The lowest BCUT2D eigenvalue weighted by Crippen LogP contribution is -2.48. The van der Waals surface area contributed by atoms with Gasteiger partial charge in [-0.1, -0.05) is 5.92 Å². The molecule has 1 fully saturated rings. The van der Waals surface area contributed by atoms with Gasteiger partial charge in [0.2, 0.25) is 0 Å². The molecule has 0 aliphatic carbocycles. The minimum atomic E-state index is -0.00689. The summed E-state index contributed by atoms with van der Waals surface area (Å²) in [7, 11) is 3.14. The summed E-state index contributed by atoms with van der Waals surface area (Å²) in [5, 5.41) is 0. The van der Waals surface area contributed by atoms with Crippen LogP contribution in [0.15, 0.2) is 18.2 Å². The number of nitrogens with zero attached hydrogens (tertiary/aromatic N) is 2. The smallest absolute Gasteiger partial charge is 0.254 e. The topological polar surface area (TPSA) is 42.0 Å². The van der Waals surface area contributed by atoms with Crippen LogP contribution in [0.2, 0.25) is 0 Å². The first-order valence-corrected chi connectivity index (χ1v) is 6.86. The molecule has 112 valence electrons. The van der Waals surface area contributed by atoms with Gasteiger partial charge in [-0.2, -0.15) is 0 Å². The molecule has 0 bridgehead atoms. The predicted octanol–water partition coefficient (Wildman–Crippen LogP) is 1.09. The number of hydrogen-bond acceptors (Lipinski definition) is 4. The molecule has 2 rings (SSSR count). The van der Waals surface area contributed by atoms with Crippen molar-refractivity contribution >= 4 is 5.91 Å². The SMILES string of the molecule is C#CCN1CCN(C(=O)c2cc(OC)cc(OC)c2)CC1. The van der Waals surface area contributed by atoms with Crippen molar-refractivity contribution in [2.75, 3.05) is 46.9 Å². The standard InChI is InChI=1S/C16H20N2O3/c1-4-5-17-6-8-18(9-7-17)16(19)13-10-14(20-2)12-15(11-13)21-3/h1,10-12H,5-9H2,2-3H3. The van der Waals surface area contributed by atoms with Gasteiger partial charge in [0.05, 0.1) is 20.8 Å². The zero-order valence-electron chi connectivity index (χ0n) is 12.5. The lowest BCUT2D eigenvalue weighted by Gasteiger charge is -2.33. The Morgan fingerprint density at radius 1 is 1.14 bits per heavy atom. The number of carbonyl (C=O) groups excluding carboxylic acids is 1. The van der Waals surface area contributed by atoms with Gasteiger partial charge in [-0.05, 0) is 12.1 Å². The van der Waals surface area contributed by atoms with Crippen LogP contribution in [0, 0.1) is 12.3 Å². The van der Waals surface area contributed by atoms with Gasteiger partial charge in [0.15, 0.2) is 0 Å². The first-order chi connectivity index (χ1) is 10.2. The van der Waals surface area contributed by atoms with Gasteiger partial charge in [0.1, 0.15) is 11.5 Å². The molecule has 0 unspecified atom stereocenters. The van der Waals surface area contributed by atoms with Crippen LogP contribution in [-0.2, 0) is 0 Å². The third kappa shape index (κ3) is 3.67. The highest BCUT2D eigenvalue weighted by atomic mass is 16.5. The number of piperazine rings is 1. The first kappa shape index (κ1) is 15.2. The number of carbonyl (C=O) groups is 1. The molecule has 0 radical (unpaired) electrons. The van der Waals surface area contributed by atoms with E-state index >= 15 is 0 Å². The molecule has 1 aromatic rings. The van der Waals surface area contributed by atoms with Crippen LogP contribution in [0.25, 0.3) is 0 Å². The molecular weight excluding hydrogens is 268 g/mol. The molecule has 1 aliphatic heterocycles. The Morgan fingerprint density at radius 2 is 1.71 bits per heavy atom. The average Bonchev–Trinajstić information content (AvgIpc) is 2.54. The molecular formula is C16H20N2O3. The van der Waals surface area contributed by atoms with Crippen molar-refractivity contribution in [2.45, 2.75) is 0 Å². The largest absolute Gasteiger partial charge is 0.497 e. The number of amides is 1. The van der Waals surface area contributed by atoms with Gasteiger partial charge >= 0.3 is 0 Å². The minimum Gasteiger partial charge on any atom is -0.497 e. The van der Waals surface area contributed by atoms with Crippen molar-refractivity contribution in [3.8, 4) is 23.8 Å². The Balaban J connectivity index is 2.09. The van der Waals surface area contributed by atoms with Gasteiger partial charge in [0.25, 0.3) is 5.91 Å². The van der Waals surface area contributed by atoms with Crippen molar-refractivity contribution in [1.82, 2.24) is 9.80 Å². The van der Waals surface area contributed by atoms with Crippen molar-refractivity contribution in [3.63, 3.8) is 0 Å². The van der Waals surface area contributed by atoms with Crippen molar-refractivity contribution < 1.29 is 14.3 Å². The Kier molecular flexibility index (Phi) is 5.07. The number of terminal acetylenes is 1. The molecule has 21 heavy (non-hydrogen) atoms. The fourth-order valence-electron chi connectivity index (χ4n) is 2.35. The highest BCUT2D eigenvalue weighted by Gasteiger charge is 2.22. The summed E-state index contributed by atoms with van der Waals surface area (Å²) in [6.07, 6.45) is 5.31. The minimum absolute atomic E-state index is 0.00689. The quantitative estimate of drug-likeness (QED) is 0.778. The molecule has 1 aromatic carbocycles. The zero-order valence-corrected chi connectivity index (χ0v) is 12.5. The fourth-order valence-corrected chi connectivity index (χ4v) is 2.35. The van der Waals surface area contributed by atoms with Gasteiger partial charge in [-0.3, -0.25) is 9.69 Å². The van der Waals surface area contributed by atoms with E-state index in [0.29, 0.717) is 36.7 Å². The van der Waals surface area contributed by atoms with Crippen LogP contribution in [0.1, 0.15) is 10.4 Å². The molecule has 0 atom stereocenters. The molecule has 5 nitrogen and oxygen atoms in total. The maximum atomic E-state index is 12.6. The lowest BCUT2D eigenvalue weighted by molar-refractivity contribution is 0.0651. The molecule has 0 spiro atoms. The predicted molar refractivity (Wildman–Crippen MR) is 80.7 cm³/mol. The molecule has 0 aromatic heterocycles. The third-order valence-corrected chi connectivity index (χ3v) is 3.57. The Morgan fingerprint density at radius 3 is 2.19 bits per heavy atom. The van der Waals surface area contributed by atoms with E-state index in [2.05, 4.69) is 10.8 Å². The van der Waals surface area contributed by atoms with E-state index in [4.69, 9.17) is 15.9 Å². The monoisotopic (exact) mass is 288 g/mol. The first-order valence-electron chi connectivity index (χ1n) is 6.86. The van der Waals surface area contributed by atoms with E-state index < -0.39 is 0 Å². The summed E-state index contributed by atoms with van der Waals surface area (Å²) < 4.78 is 10.4. The van der Waals surface area contributed by atoms with E-state index in [1.807, 2.05) is 4.90 Å². The number of ether oxygens (including phenoxy) is 2. The van der Waals surface area contributed by atoms with E-state index in [1.165, 1.54) is 0 Å². The van der Waals surface area contributed by atoms with Crippen LogP contribution in [0.5, 0.6) is 11.5 Å². The Labute approximate surface area is 125 Å². The van der Waals surface area contributed by atoms with E-state index in [9.17, 15) is 4.79 Å². The number of hydrogen-bond donors (Lipinski definition) is 0. The highest BCUT2D eigenvalue weighted by Crippen LogP contribution is 2.23. The molecule has 5 heteroatoms. The maximum absolute atomic E-state index is 12.6. The van der Waals surface area contributed by atoms with Gasteiger partial charge in [-0.25, -0.2) is 0 Å². The van der Waals surface area contributed by atoms with Crippen LogP contribution in [0.3, 0.4) is 0 Å². The summed E-state index contributed by atoms with van der Waals surface area (Å²) >= 11 is 0. The van der Waals surface area contributed by atoms with E-state index in [-0.39, 0.29) is 5.91 Å². The van der Waals surface area contributed by atoms with Gasteiger partial charge < -0.3 is 14.4 Å². The Bertz CT molecular complexity index is 521. The summed E-state index contributed by atoms with van der Waals surface area (Å²) in [5.41, 5.74) is 0.580. The second kappa shape index (κ2) is 7.00. The zero-order chi connectivity index (χ0) is 15.2. The van der Waals surface area contributed by atoms with Gasteiger partial charge in [0, 0.05) is 37.8 Å². The molecule has 1 amide bonds. The van der Waals surface area contributed by atoms with E-state index in [0.717, 1.165) is 13.1 Å². The van der Waals surface area contributed by atoms with Crippen molar-refractivity contribution in [2.24, 2.45) is 0 Å². The average molecular weight is 288 g/mol. The van der Waals surface area contributed by atoms with Crippen molar-refractivity contribution in [3.05, 3.63) is 23.8 Å². The second-order valence-electron chi connectivity index (χ2n) is 4.87. The molecule has 1 heterocycles. The molecule has 1 aliphatic rings. The van der Waals surface area contributed by atoms with E-state index in [1.54, 1.807) is 32.4 Å². The summed E-state index contributed by atoms with van der Waals surface area (Å²) in [6, 6.07) is 5.22.